The van der Waals surface area contributed by atoms with E-state index in [2.05, 4.69) is 10.2 Å². The lowest BCUT2D eigenvalue weighted by atomic mass is 9.83. The predicted molar refractivity (Wildman–Crippen MR) is 64.5 cm³/mol. The van der Waals surface area contributed by atoms with Crippen molar-refractivity contribution >= 4 is 0 Å². The van der Waals surface area contributed by atoms with Crippen molar-refractivity contribution in [2.24, 2.45) is 11.8 Å². The number of rotatable bonds is 5. The fourth-order valence-corrected chi connectivity index (χ4v) is 3.43. The van der Waals surface area contributed by atoms with E-state index in [1.165, 1.54) is 45.3 Å². The Bertz CT molecular complexity index is 234. The summed E-state index contributed by atoms with van der Waals surface area (Å²) in [4.78, 5) is 2.62. The third kappa shape index (κ3) is 2.27. The molecule has 3 heterocycles. The Labute approximate surface area is 98.5 Å². The van der Waals surface area contributed by atoms with Crippen molar-refractivity contribution in [3.63, 3.8) is 0 Å². The van der Waals surface area contributed by atoms with Crippen LogP contribution in [0.25, 0.3) is 0 Å². The summed E-state index contributed by atoms with van der Waals surface area (Å²) >= 11 is 0. The van der Waals surface area contributed by atoms with E-state index in [4.69, 9.17) is 4.74 Å². The average molecular weight is 224 g/mol. The van der Waals surface area contributed by atoms with Crippen LogP contribution in [0.5, 0.6) is 0 Å². The molecule has 4 aliphatic rings. The van der Waals surface area contributed by atoms with Crippen LogP contribution < -0.4 is 5.32 Å². The van der Waals surface area contributed by atoms with Crippen LogP contribution in [0.15, 0.2) is 0 Å². The number of hydrogen-bond donors (Lipinski definition) is 1. The number of nitrogens with one attached hydrogen (secondary N) is 1. The second kappa shape index (κ2) is 4.63. The van der Waals surface area contributed by atoms with E-state index in [1.54, 1.807) is 0 Å². The Balaban J connectivity index is 1.56. The van der Waals surface area contributed by atoms with Crippen molar-refractivity contribution < 1.29 is 4.74 Å². The summed E-state index contributed by atoms with van der Waals surface area (Å²) in [5, 5.41) is 3.88. The smallest absolute Gasteiger partial charge is 0.0618 e. The first kappa shape index (κ1) is 11.0. The molecule has 2 unspecified atom stereocenters. The fourth-order valence-electron chi connectivity index (χ4n) is 3.43. The first-order valence-electron chi connectivity index (χ1n) is 6.84. The molecule has 4 fully saturated rings. The second-order valence-corrected chi connectivity index (χ2v) is 5.81. The Morgan fingerprint density at radius 1 is 1.25 bits per heavy atom. The monoisotopic (exact) mass is 224 g/mol. The molecule has 2 bridgehead atoms. The molecule has 3 heteroatoms. The summed E-state index contributed by atoms with van der Waals surface area (Å²) in [6, 6.07) is 1.36. The van der Waals surface area contributed by atoms with E-state index >= 15 is 0 Å². The van der Waals surface area contributed by atoms with Crippen LogP contribution in [0.4, 0.5) is 0 Å². The van der Waals surface area contributed by atoms with Gasteiger partial charge in [0.25, 0.3) is 0 Å². The van der Waals surface area contributed by atoms with Gasteiger partial charge in [-0.3, -0.25) is 0 Å². The van der Waals surface area contributed by atoms with Crippen molar-refractivity contribution in [3.05, 3.63) is 0 Å². The molecule has 0 spiro atoms. The summed E-state index contributed by atoms with van der Waals surface area (Å²) in [6.07, 6.45) is 5.62. The number of fused-ring (bicyclic) bond motifs is 3. The SMILES string of the molecule is COCC(NC1CN2CCC1CC2)C1CC1. The largest absolute Gasteiger partial charge is 0.383 e. The lowest BCUT2D eigenvalue weighted by Gasteiger charge is -2.46. The summed E-state index contributed by atoms with van der Waals surface area (Å²) in [7, 11) is 1.83. The van der Waals surface area contributed by atoms with Gasteiger partial charge in [0.1, 0.15) is 0 Å². The highest BCUT2D eigenvalue weighted by Crippen LogP contribution is 2.35. The topological polar surface area (TPSA) is 24.5 Å². The Morgan fingerprint density at radius 2 is 2.00 bits per heavy atom. The molecule has 4 rings (SSSR count). The highest BCUT2D eigenvalue weighted by molar-refractivity contribution is 4.95. The molecule has 92 valence electrons. The molecule has 16 heavy (non-hydrogen) atoms. The van der Waals surface area contributed by atoms with Gasteiger partial charge in [0, 0.05) is 25.7 Å². The van der Waals surface area contributed by atoms with Crippen LogP contribution >= 0.6 is 0 Å². The number of piperidine rings is 3. The maximum absolute atomic E-state index is 5.35. The highest BCUT2D eigenvalue weighted by Gasteiger charge is 2.38. The minimum absolute atomic E-state index is 0.621. The molecular weight excluding hydrogens is 200 g/mol. The molecule has 0 aromatic rings. The summed E-state index contributed by atoms with van der Waals surface area (Å²) < 4.78 is 5.35. The zero-order chi connectivity index (χ0) is 11.0. The van der Waals surface area contributed by atoms with Crippen LogP contribution in [0.2, 0.25) is 0 Å². The van der Waals surface area contributed by atoms with Crippen LogP contribution in [0.3, 0.4) is 0 Å². The normalized spacial score (nSPS) is 39.9. The van der Waals surface area contributed by atoms with Gasteiger partial charge in [-0.15, -0.1) is 0 Å². The van der Waals surface area contributed by atoms with Gasteiger partial charge in [-0.05, 0) is 50.6 Å². The zero-order valence-corrected chi connectivity index (χ0v) is 10.3. The van der Waals surface area contributed by atoms with Gasteiger partial charge in [-0.2, -0.15) is 0 Å². The van der Waals surface area contributed by atoms with Gasteiger partial charge in [-0.1, -0.05) is 0 Å². The van der Waals surface area contributed by atoms with Crippen molar-refractivity contribution in [1.29, 1.82) is 0 Å². The highest BCUT2D eigenvalue weighted by atomic mass is 16.5. The van der Waals surface area contributed by atoms with E-state index in [0.717, 1.165) is 24.5 Å². The van der Waals surface area contributed by atoms with Crippen LogP contribution in [0, 0.1) is 11.8 Å². The van der Waals surface area contributed by atoms with Gasteiger partial charge in [0.15, 0.2) is 0 Å². The molecule has 1 N–H and O–H groups in total. The van der Waals surface area contributed by atoms with Gasteiger partial charge in [0.2, 0.25) is 0 Å². The Hall–Kier alpha value is -0.120. The fraction of sp³-hybridized carbons (Fsp3) is 1.00. The van der Waals surface area contributed by atoms with Gasteiger partial charge in [0.05, 0.1) is 6.61 Å². The van der Waals surface area contributed by atoms with E-state index in [-0.39, 0.29) is 0 Å². The lowest BCUT2D eigenvalue weighted by Crippen LogP contribution is -2.59. The number of nitrogens with zero attached hydrogens (tertiary/aromatic N) is 1. The molecule has 3 aliphatic heterocycles. The molecule has 1 saturated carbocycles. The van der Waals surface area contributed by atoms with E-state index in [1.807, 2.05) is 7.11 Å². The van der Waals surface area contributed by atoms with Crippen LogP contribution in [-0.4, -0.2) is 50.3 Å². The minimum atomic E-state index is 0.621. The third-order valence-corrected chi connectivity index (χ3v) is 4.62. The average Bonchev–Trinajstić information content (AvgIpc) is 3.14. The molecule has 2 atom stereocenters. The third-order valence-electron chi connectivity index (χ3n) is 4.62. The van der Waals surface area contributed by atoms with E-state index in [9.17, 15) is 0 Å². The quantitative estimate of drug-likeness (QED) is 0.757. The van der Waals surface area contributed by atoms with E-state index < -0.39 is 0 Å². The van der Waals surface area contributed by atoms with Crippen LogP contribution in [0.1, 0.15) is 25.7 Å². The molecule has 0 radical (unpaired) electrons. The van der Waals surface area contributed by atoms with Crippen molar-refractivity contribution in [3.8, 4) is 0 Å². The first-order valence-corrected chi connectivity index (χ1v) is 6.84. The molecule has 3 saturated heterocycles. The molecule has 0 amide bonds. The van der Waals surface area contributed by atoms with Gasteiger partial charge >= 0.3 is 0 Å². The summed E-state index contributed by atoms with van der Waals surface area (Å²) in [5.74, 6) is 1.83. The number of methoxy groups -OCH3 is 1. The molecule has 0 aromatic heterocycles. The van der Waals surface area contributed by atoms with Gasteiger partial charge in [-0.25, -0.2) is 0 Å². The van der Waals surface area contributed by atoms with Gasteiger partial charge < -0.3 is 15.0 Å². The first-order chi connectivity index (χ1) is 7.86. The maximum Gasteiger partial charge on any atom is 0.0618 e. The van der Waals surface area contributed by atoms with E-state index in [0.29, 0.717) is 6.04 Å². The van der Waals surface area contributed by atoms with Crippen molar-refractivity contribution in [2.75, 3.05) is 33.4 Å². The predicted octanol–water partition coefficient (Wildman–Crippen LogP) is 1.10. The zero-order valence-electron chi connectivity index (χ0n) is 10.3. The molecular formula is C13H24N2O. The maximum atomic E-state index is 5.35. The lowest BCUT2D eigenvalue weighted by molar-refractivity contribution is 0.0548. The molecule has 0 aromatic carbocycles. The molecule has 1 aliphatic carbocycles. The number of hydrogen-bond acceptors (Lipinski definition) is 3. The van der Waals surface area contributed by atoms with Crippen molar-refractivity contribution in [2.45, 2.75) is 37.8 Å². The standard InChI is InChI=1S/C13H24N2O/c1-16-9-13(10-2-3-10)14-12-8-15-6-4-11(12)5-7-15/h10-14H,2-9H2,1H3. The minimum Gasteiger partial charge on any atom is -0.383 e. The van der Waals surface area contributed by atoms with Crippen LogP contribution in [-0.2, 0) is 4.74 Å². The summed E-state index contributed by atoms with van der Waals surface area (Å²) in [5.41, 5.74) is 0. The van der Waals surface area contributed by atoms with Crippen molar-refractivity contribution in [1.82, 2.24) is 10.2 Å². The second-order valence-electron chi connectivity index (χ2n) is 5.81. The Morgan fingerprint density at radius 3 is 2.50 bits per heavy atom. The molecule has 3 nitrogen and oxygen atoms in total. The number of ether oxygens (including phenoxy) is 1. The Kier molecular flexibility index (Phi) is 3.18. The summed E-state index contributed by atoms with van der Waals surface area (Å²) in [6.45, 7) is 4.84.